The zero-order valence-corrected chi connectivity index (χ0v) is 16.8. The molecule has 0 aliphatic rings. The van der Waals surface area contributed by atoms with Crippen LogP contribution in [0.1, 0.15) is 44.5 Å². The van der Waals surface area contributed by atoms with Crippen molar-refractivity contribution in [2.75, 3.05) is 6.61 Å². The maximum Gasteiger partial charge on any atom is 0.329 e. The molecular weight excluding hydrogens is 379 g/mol. The van der Waals surface area contributed by atoms with Crippen molar-refractivity contribution >= 4 is 41.0 Å². The molecule has 0 heterocycles. The van der Waals surface area contributed by atoms with Crippen molar-refractivity contribution in [1.29, 1.82) is 0 Å². The van der Waals surface area contributed by atoms with Crippen LogP contribution in [0.3, 0.4) is 0 Å². The first kappa shape index (κ1) is 22.3. The lowest BCUT2D eigenvalue weighted by Crippen LogP contribution is -2.46. The van der Waals surface area contributed by atoms with Gasteiger partial charge in [-0.25, -0.2) is 4.79 Å². The highest BCUT2D eigenvalue weighted by atomic mass is 35.5. The van der Waals surface area contributed by atoms with E-state index in [9.17, 15) is 14.4 Å². The predicted octanol–water partition coefficient (Wildman–Crippen LogP) is 3.21. The third-order valence-electron chi connectivity index (χ3n) is 3.75. The van der Waals surface area contributed by atoms with Crippen LogP contribution in [-0.4, -0.2) is 36.5 Å². The third kappa shape index (κ3) is 6.84. The fraction of sp³-hybridized carbons (Fsp3) is 0.500. The van der Waals surface area contributed by atoms with Crippen molar-refractivity contribution in [3.63, 3.8) is 0 Å². The van der Waals surface area contributed by atoms with Crippen LogP contribution < -0.4 is 10.6 Å². The quantitative estimate of drug-likeness (QED) is 0.653. The van der Waals surface area contributed by atoms with Crippen molar-refractivity contribution in [2.24, 2.45) is 5.92 Å². The van der Waals surface area contributed by atoms with E-state index in [1.807, 2.05) is 13.8 Å². The first-order chi connectivity index (χ1) is 12.1. The van der Waals surface area contributed by atoms with Crippen LogP contribution in [-0.2, 0) is 14.3 Å². The Labute approximate surface area is 163 Å². The predicted molar refractivity (Wildman–Crippen MR) is 101 cm³/mol. The van der Waals surface area contributed by atoms with E-state index in [1.165, 1.54) is 18.2 Å². The summed E-state index contributed by atoms with van der Waals surface area (Å²) in [7, 11) is 0. The van der Waals surface area contributed by atoms with E-state index >= 15 is 0 Å². The molecule has 0 aromatic heterocycles. The molecule has 0 saturated heterocycles. The second-order valence-electron chi connectivity index (χ2n) is 6.30. The van der Waals surface area contributed by atoms with Gasteiger partial charge < -0.3 is 15.4 Å². The Morgan fingerprint density at radius 3 is 2.31 bits per heavy atom. The maximum atomic E-state index is 12.4. The first-order valence-corrected chi connectivity index (χ1v) is 9.13. The fourth-order valence-corrected chi connectivity index (χ4v) is 2.53. The molecule has 0 bridgehead atoms. The Kier molecular flexibility index (Phi) is 8.88. The summed E-state index contributed by atoms with van der Waals surface area (Å²) in [5.74, 6) is -1.83. The average molecular weight is 403 g/mol. The van der Waals surface area contributed by atoms with Crippen molar-refractivity contribution in [2.45, 2.75) is 46.2 Å². The van der Waals surface area contributed by atoms with Crippen molar-refractivity contribution in [3.8, 4) is 0 Å². The van der Waals surface area contributed by atoms with Crippen LogP contribution in [0.5, 0.6) is 0 Å². The minimum Gasteiger partial charge on any atom is -0.454 e. The highest BCUT2D eigenvalue weighted by Crippen LogP contribution is 2.21. The van der Waals surface area contributed by atoms with Gasteiger partial charge in [-0.2, -0.15) is 0 Å². The molecule has 8 heteroatoms. The van der Waals surface area contributed by atoms with E-state index in [0.29, 0.717) is 5.02 Å². The fourth-order valence-electron chi connectivity index (χ4n) is 2.04. The molecule has 0 radical (unpaired) electrons. The van der Waals surface area contributed by atoms with Crippen LogP contribution in [0, 0.1) is 5.92 Å². The Bertz CT molecular complexity index is 665. The van der Waals surface area contributed by atoms with Gasteiger partial charge in [0.15, 0.2) is 6.61 Å². The molecule has 0 aliphatic heterocycles. The standard InChI is InChI=1S/C18H24Cl2N2O4/c1-5-11(4)21-15(23)9-26-18(25)16(10(2)3)22-17(24)13-7-6-12(19)8-14(13)20/h6-8,10-11,16H,5,9H2,1-4H3,(H,21,23)(H,22,24)/t11-,16-/m0/s1. The Morgan fingerprint density at radius 2 is 1.77 bits per heavy atom. The Hall–Kier alpha value is -1.79. The average Bonchev–Trinajstić information content (AvgIpc) is 2.56. The number of amides is 2. The van der Waals surface area contributed by atoms with E-state index in [0.717, 1.165) is 6.42 Å². The van der Waals surface area contributed by atoms with Crippen LogP contribution in [0.25, 0.3) is 0 Å². The summed E-state index contributed by atoms with van der Waals surface area (Å²) < 4.78 is 5.04. The van der Waals surface area contributed by atoms with Gasteiger partial charge in [0.05, 0.1) is 10.6 Å². The number of carbonyl (C=O) groups excluding carboxylic acids is 3. The van der Waals surface area contributed by atoms with Gasteiger partial charge in [-0.3, -0.25) is 9.59 Å². The van der Waals surface area contributed by atoms with E-state index in [-0.39, 0.29) is 28.5 Å². The van der Waals surface area contributed by atoms with Crippen LogP contribution in [0.15, 0.2) is 18.2 Å². The van der Waals surface area contributed by atoms with Crippen LogP contribution >= 0.6 is 23.2 Å². The number of halogens is 2. The van der Waals surface area contributed by atoms with E-state index in [4.69, 9.17) is 27.9 Å². The van der Waals surface area contributed by atoms with E-state index < -0.39 is 24.5 Å². The molecule has 1 aromatic rings. The van der Waals surface area contributed by atoms with Crippen molar-refractivity contribution in [3.05, 3.63) is 33.8 Å². The van der Waals surface area contributed by atoms with Gasteiger partial charge in [-0.05, 0) is 37.5 Å². The summed E-state index contributed by atoms with van der Waals surface area (Å²) in [6.07, 6.45) is 0.770. The molecule has 2 N–H and O–H groups in total. The van der Waals surface area contributed by atoms with Gasteiger partial charge in [0, 0.05) is 11.1 Å². The lowest BCUT2D eigenvalue weighted by Gasteiger charge is -2.21. The normalized spacial score (nSPS) is 13.0. The zero-order valence-electron chi connectivity index (χ0n) is 15.3. The molecule has 0 aliphatic carbocycles. The highest BCUT2D eigenvalue weighted by Gasteiger charge is 2.27. The highest BCUT2D eigenvalue weighted by molar-refractivity contribution is 6.36. The first-order valence-electron chi connectivity index (χ1n) is 8.37. The van der Waals surface area contributed by atoms with Gasteiger partial charge in [0.25, 0.3) is 11.8 Å². The number of hydrogen-bond acceptors (Lipinski definition) is 4. The molecule has 0 unspecified atom stereocenters. The maximum absolute atomic E-state index is 12.4. The summed E-state index contributed by atoms with van der Waals surface area (Å²) in [6, 6.07) is 3.53. The molecule has 0 fully saturated rings. The van der Waals surface area contributed by atoms with Crippen LogP contribution in [0.2, 0.25) is 10.0 Å². The molecule has 26 heavy (non-hydrogen) atoms. The van der Waals surface area contributed by atoms with Crippen molar-refractivity contribution < 1.29 is 19.1 Å². The molecular formula is C18H24Cl2N2O4. The Balaban J connectivity index is 2.71. The minimum absolute atomic E-state index is 0.00570. The summed E-state index contributed by atoms with van der Waals surface area (Å²) >= 11 is 11.8. The number of rotatable bonds is 8. The van der Waals surface area contributed by atoms with Crippen LogP contribution in [0.4, 0.5) is 0 Å². The topological polar surface area (TPSA) is 84.5 Å². The monoisotopic (exact) mass is 402 g/mol. The van der Waals surface area contributed by atoms with Gasteiger partial charge in [-0.1, -0.05) is 44.0 Å². The lowest BCUT2D eigenvalue weighted by molar-refractivity contribution is -0.151. The number of nitrogens with one attached hydrogen (secondary N) is 2. The smallest absolute Gasteiger partial charge is 0.329 e. The summed E-state index contributed by atoms with van der Waals surface area (Å²) in [6.45, 7) is 6.91. The van der Waals surface area contributed by atoms with E-state index in [2.05, 4.69) is 10.6 Å². The molecule has 144 valence electrons. The number of esters is 1. The largest absolute Gasteiger partial charge is 0.454 e. The second-order valence-corrected chi connectivity index (χ2v) is 7.15. The number of ether oxygens (including phenoxy) is 1. The van der Waals surface area contributed by atoms with Gasteiger partial charge in [-0.15, -0.1) is 0 Å². The molecule has 6 nitrogen and oxygen atoms in total. The lowest BCUT2D eigenvalue weighted by atomic mass is 10.0. The number of hydrogen-bond donors (Lipinski definition) is 2. The minimum atomic E-state index is -0.911. The molecule has 0 saturated carbocycles. The van der Waals surface area contributed by atoms with E-state index in [1.54, 1.807) is 13.8 Å². The van der Waals surface area contributed by atoms with Crippen molar-refractivity contribution in [1.82, 2.24) is 10.6 Å². The molecule has 0 spiro atoms. The second kappa shape index (κ2) is 10.4. The van der Waals surface area contributed by atoms with Gasteiger partial charge in [0.1, 0.15) is 6.04 Å². The molecule has 2 atom stereocenters. The summed E-state index contributed by atoms with van der Waals surface area (Å²) in [5.41, 5.74) is 0.198. The zero-order chi connectivity index (χ0) is 19.9. The third-order valence-corrected chi connectivity index (χ3v) is 4.30. The summed E-state index contributed by atoms with van der Waals surface area (Å²) in [4.78, 5) is 36.4. The summed E-state index contributed by atoms with van der Waals surface area (Å²) in [5, 5.41) is 5.88. The van der Waals surface area contributed by atoms with Gasteiger partial charge in [0.2, 0.25) is 0 Å². The number of carbonyl (C=O) groups is 3. The number of benzene rings is 1. The SMILES string of the molecule is CC[C@H](C)NC(=O)COC(=O)[C@@H](NC(=O)c1ccc(Cl)cc1Cl)C(C)C. The Morgan fingerprint density at radius 1 is 1.12 bits per heavy atom. The molecule has 1 aromatic carbocycles. The van der Waals surface area contributed by atoms with Gasteiger partial charge >= 0.3 is 5.97 Å². The molecule has 1 rings (SSSR count). The molecule has 2 amide bonds.